The highest BCUT2D eigenvalue weighted by molar-refractivity contribution is 9.10. The molecule has 1 aliphatic rings. The Kier molecular flexibility index (Phi) is 4.35. The van der Waals surface area contributed by atoms with E-state index in [2.05, 4.69) is 22.0 Å². The maximum Gasteiger partial charge on any atom is 0.254 e. The molecule has 0 aromatic carbocycles. The molecule has 0 bridgehead atoms. The molecule has 7 heteroatoms. The van der Waals surface area contributed by atoms with Crippen LogP contribution in [0.15, 0.2) is 20.1 Å². The van der Waals surface area contributed by atoms with Crippen LogP contribution in [0.25, 0.3) is 0 Å². The summed E-state index contributed by atoms with van der Waals surface area (Å²) in [4.78, 5) is 0. The van der Waals surface area contributed by atoms with E-state index < -0.39 is 15.6 Å². The monoisotopic (exact) mass is 362 g/mol. The van der Waals surface area contributed by atoms with E-state index >= 15 is 0 Å². The molecule has 0 N–H and O–H groups in total. The lowest BCUT2D eigenvalue weighted by molar-refractivity contribution is 0.213. The largest absolute Gasteiger partial charge is 0.254 e. The molecule has 104 valence electrons. The molecule has 1 fully saturated rings. The van der Waals surface area contributed by atoms with Crippen LogP contribution in [-0.4, -0.2) is 25.3 Å². The number of sulfonamides is 1. The van der Waals surface area contributed by atoms with Crippen LogP contribution in [-0.2, 0) is 10.0 Å². The Morgan fingerprint density at radius 2 is 2.05 bits per heavy atom. The van der Waals surface area contributed by atoms with Crippen molar-refractivity contribution in [1.29, 1.82) is 5.26 Å². The molecule has 1 aromatic rings. The molecule has 0 amide bonds. The maximum atomic E-state index is 12.6. The summed E-state index contributed by atoms with van der Waals surface area (Å²) < 4.78 is 27.4. The molecule has 1 aliphatic carbocycles. The molecule has 1 saturated carbocycles. The third-order valence-corrected chi connectivity index (χ3v) is 8.24. The molecule has 0 saturated heterocycles. The van der Waals surface area contributed by atoms with Gasteiger partial charge in [-0.25, -0.2) is 8.42 Å². The predicted molar refractivity (Wildman–Crippen MR) is 78.4 cm³/mol. The quantitative estimate of drug-likeness (QED) is 0.827. The van der Waals surface area contributed by atoms with Gasteiger partial charge in [-0.3, -0.25) is 0 Å². The van der Waals surface area contributed by atoms with Gasteiger partial charge in [0.15, 0.2) is 0 Å². The number of halogens is 1. The van der Waals surface area contributed by atoms with E-state index in [1.54, 1.807) is 11.4 Å². The van der Waals surface area contributed by atoms with Gasteiger partial charge in [0.25, 0.3) is 10.0 Å². The summed E-state index contributed by atoms with van der Waals surface area (Å²) in [6.07, 6.45) is 4.10. The first-order valence-corrected chi connectivity index (χ1v) is 9.19. The van der Waals surface area contributed by atoms with Crippen LogP contribution < -0.4 is 0 Å². The van der Waals surface area contributed by atoms with Crippen LogP contribution in [0.4, 0.5) is 0 Å². The van der Waals surface area contributed by atoms with Crippen molar-refractivity contribution in [2.24, 2.45) is 0 Å². The zero-order valence-corrected chi connectivity index (χ0v) is 13.8. The molecule has 19 heavy (non-hydrogen) atoms. The lowest BCUT2D eigenvalue weighted by atomic mass is 9.83. The lowest BCUT2D eigenvalue weighted by Crippen LogP contribution is -2.49. The topological polar surface area (TPSA) is 61.2 Å². The van der Waals surface area contributed by atoms with Gasteiger partial charge in [0.05, 0.1) is 6.07 Å². The number of hydrogen-bond acceptors (Lipinski definition) is 4. The highest BCUT2D eigenvalue weighted by atomic mass is 79.9. The molecular formula is C12H15BrN2O2S2. The van der Waals surface area contributed by atoms with Crippen molar-refractivity contribution in [3.63, 3.8) is 0 Å². The molecule has 0 aliphatic heterocycles. The Balaban J connectivity index is 2.40. The van der Waals surface area contributed by atoms with E-state index in [-0.39, 0.29) is 4.21 Å². The Labute approximate surface area is 126 Å². The summed E-state index contributed by atoms with van der Waals surface area (Å²) in [5.41, 5.74) is -0.888. The van der Waals surface area contributed by atoms with Gasteiger partial charge in [0.1, 0.15) is 9.75 Å². The fourth-order valence-corrected chi connectivity index (χ4v) is 6.40. The number of nitriles is 1. The maximum absolute atomic E-state index is 12.6. The summed E-state index contributed by atoms with van der Waals surface area (Å²) in [5.74, 6) is 0. The third-order valence-electron chi connectivity index (χ3n) is 3.67. The SMILES string of the molecule is CN(C1(C#N)CCCCC1)S(=O)(=O)c1sccc1Br. The Bertz CT molecular complexity index is 597. The normalized spacial score (nSPS) is 19.3. The first kappa shape index (κ1) is 15.0. The first-order valence-electron chi connectivity index (χ1n) is 6.07. The molecular weight excluding hydrogens is 348 g/mol. The van der Waals surface area contributed by atoms with Crippen LogP contribution >= 0.6 is 27.3 Å². The number of rotatable bonds is 3. The van der Waals surface area contributed by atoms with E-state index in [0.717, 1.165) is 19.3 Å². The van der Waals surface area contributed by atoms with Gasteiger partial charge in [-0.1, -0.05) is 19.3 Å². The fourth-order valence-electron chi connectivity index (χ4n) is 2.45. The van der Waals surface area contributed by atoms with Crippen LogP contribution in [0.5, 0.6) is 0 Å². The highest BCUT2D eigenvalue weighted by Gasteiger charge is 2.43. The van der Waals surface area contributed by atoms with Gasteiger partial charge in [-0.05, 0) is 40.2 Å². The molecule has 0 unspecified atom stereocenters. The van der Waals surface area contributed by atoms with E-state index in [9.17, 15) is 13.7 Å². The predicted octanol–water partition coefficient (Wildman–Crippen LogP) is 3.36. The molecule has 0 atom stereocenters. The van der Waals surface area contributed by atoms with Crippen molar-refractivity contribution in [1.82, 2.24) is 4.31 Å². The Morgan fingerprint density at radius 3 is 2.53 bits per heavy atom. The van der Waals surface area contributed by atoms with E-state index in [4.69, 9.17) is 0 Å². The van der Waals surface area contributed by atoms with Crippen molar-refractivity contribution in [3.05, 3.63) is 15.9 Å². The first-order chi connectivity index (χ1) is 8.94. The number of nitrogens with zero attached hydrogens (tertiary/aromatic N) is 2. The van der Waals surface area contributed by atoms with Gasteiger partial charge >= 0.3 is 0 Å². The van der Waals surface area contributed by atoms with Gasteiger partial charge < -0.3 is 0 Å². The number of thiophene rings is 1. The minimum absolute atomic E-state index is 0.273. The van der Waals surface area contributed by atoms with Gasteiger partial charge in [0, 0.05) is 11.5 Å². The van der Waals surface area contributed by atoms with Crippen LogP contribution in [0.1, 0.15) is 32.1 Å². The zero-order chi connectivity index (χ0) is 14.1. The smallest absolute Gasteiger partial charge is 0.206 e. The van der Waals surface area contributed by atoms with Crippen molar-refractivity contribution in [2.75, 3.05) is 7.05 Å². The van der Waals surface area contributed by atoms with E-state index in [0.29, 0.717) is 17.3 Å². The lowest BCUT2D eigenvalue weighted by Gasteiger charge is -2.37. The zero-order valence-electron chi connectivity index (χ0n) is 10.6. The van der Waals surface area contributed by atoms with Gasteiger partial charge in [-0.15, -0.1) is 11.3 Å². The summed E-state index contributed by atoms with van der Waals surface area (Å²) >= 11 is 4.43. The molecule has 1 aromatic heterocycles. The summed E-state index contributed by atoms with van der Waals surface area (Å²) in [5, 5.41) is 11.2. The summed E-state index contributed by atoms with van der Waals surface area (Å²) in [6, 6.07) is 3.95. The highest BCUT2D eigenvalue weighted by Crippen LogP contribution is 2.38. The molecule has 0 radical (unpaired) electrons. The third kappa shape index (κ3) is 2.59. The van der Waals surface area contributed by atoms with Crippen LogP contribution in [0, 0.1) is 11.3 Å². The Hall–Kier alpha value is -0.420. The average Bonchev–Trinajstić information content (AvgIpc) is 2.85. The molecule has 4 nitrogen and oxygen atoms in total. The van der Waals surface area contributed by atoms with Crippen molar-refractivity contribution >= 4 is 37.3 Å². The molecule has 0 spiro atoms. The second kappa shape index (κ2) is 5.52. The summed E-state index contributed by atoms with van der Waals surface area (Å²) in [6.45, 7) is 0. The second-order valence-corrected chi connectivity index (χ2v) is 8.67. The fraction of sp³-hybridized carbons (Fsp3) is 0.583. The Morgan fingerprint density at radius 1 is 1.42 bits per heavy atom. The minimum atomic E-state index is -3.61. The van der Waals surface area contributed by atoms with Crippen molar-refractivity contribution in [3.8, 4) is 6.07 Å². The van der Waals surface area contributed by atoms with Gasteiger partial charge in [-0.2, -0.15) is 9.57 Å². The van der Waals surface area contributed by atoms with Gasteiger partial charge in [0.2, 0.25) is 0 Å². The van der Waals surface area contributed by atoms with Crippen molar-refractivity contribution in [2.45, 2.75) is 41.9 Å². The average molecular weight is 363 g/mol. The van der Waals surface area contributed by atoms with E-state index in [1.807, 2.05) is 0 Å². The molecule has 2 rings (SSSR count). The summed E-state index contributed by atoms with van der Waals surface area (Å²) in [7, 11) is -2.09. The second-order valence-electron chi connectivity index (χ2n) is 4.73. The van der Waals surface area contributed by atoms with Crippen molar-refractivity contribution < 1.29 is 8.42 Å². The minimum Gasteiger partial charge on any atom is -0.206 e. The number of hydrogen-bond donors (Lipinski definition) is 0. The van der Waals surface area contributed by atoms with E-state index in [1.165, 1.54) is 22.7 Å². The van der Waals surface area contributed by atoms with Crippen LogP contribution in [0.3, 0.4) is 0 Å². The standard InChI is InChI=1S/C12H15BrN2O2S2/c1-15(12(9-14)6-3-2-4-7-12)19(16,17)11-10(13)5-8-18-11/h5,8H,2-4,6-7H2,1H3. The molecule has 1 heterocycles. The van der Waals surface area contributed by atoms with Crippen LogP contribution in [0.2, 0.25) is 0 Å².